The summed E-state index contributed by atoms with van der Waals surface area (Å²) in [4.78, 5) is 6.35. The molecule has 1 N–H and O–H groups in total. The molecule has 20 heavy (non-hydrogen) atoms. The molecule has 0 aliphatic carbocycles. The van der Waals surface area contributed by atoms with Gasteiger partial charge in [0.2, 0.25) is 0 Å². The van der Waals surface area contributed by atoms with Crippen molar-refractivity contribution in [1.82, 2.24) is 4.98 Å². The zero-order chi connectivity index (χ0) is 14.4. The van der Waals surface area contributed by atoms with E-state index in [1.807, 2.05) is 43.6 Å². The Kier molecular flexibility index (Phi) is 5.13. The van der Waals surface area contributed by atoms with E-state index in [0.29, 0.717) is 0 Å². The summed E-state index contributed by atoms with van der Waals surface area (Å²) >= 11 is 0. The van der Waals surface area contributed by atoms with Crippen molar-refractivity contribution in [2.75, 3.05) is 11.4 Å². The van der Waals surface area contributed by atoms with Gasteiger partial charge in [-0.25, -0.2) is 0 Å². The number of aromatic nitrogens is 1. The van der Waals surface area contributed by atoms with Gasteiger partial charge in [0.05, 0.1) is 6.10 Å². The molecule has 0 spiro atoms. The molecule has 3 heteroatoms. The largest absolute Gasteiger partial charge is 0.388 e. The van der Waals surface area contributed by atoms with Gasteiger partial charge in [0.15, 0.2) is 0 Å². The fraction of sp³-hybridized carbons (Fsp3) is 0.353. The van der Waals surface area contributed by atoms with E-state index in [2.05, 4.69) is 28.9 Å². The summed E-state index contributed by atoms with van der Waals surface area (Å²) in [6.45, 7) is 5.95. The Balaban J connectivity index is 2.11. The zero-order valence-electron chi connectivity index (χ0n) is 12.2. The molecule has 0 aliphatic rings. The lowest BCUT2D eigenvalue weighted by molar-refractivity contribution is 0.173. The average molecular weight is 270 g/mol. The summed E-state index contributed by atoms with van der Waals surface area (Å²) < 4.78 is 0. The highest BCUT2D eigenvalue weighted by Gasteiger charge is 2.08. The predicted molar refractivity (Wildman–Crippen MR) is 82.7 cm³/mol. The number of pyridine rings is 1. The first-order valence-corrected chi connectivity index (χ1v) is 7.16. The van der Waals surface area contributed by atoms with Crippen molar-refractivity contribution >= 4 is 5.69 Å². The van der Waals surface area contributed by atoms with Crippen LogP contribution in [-0.4, -0.2) is 16.6 Å². The second-order valence-corrected chi connectivity index (χ2v) is 4.89. The van der Waals surface area contributed by atoms with Crippen molar-refractivity contribution in [1.29, 1.82) is 0 Å². The monoisotopic (exact) mass is 270 g/mol. The summed E-state index contributed by atoms with van der Waals surface area (Å²) in [5.74, 6) is 0. The Morgan fingerprint density at radius 2 is 1.70 bits per heavy atom. The highest BCUT2D eigenvalue weighted by Crippen LogP contribution is 2.22. The predicted octanol–water partition coefficient (Wildman–Crippen LogP) is 3.55. The van der Waals surface area contributed by atoms with Crippen LogP contribution in [0.5, 0.6) is 0 Å². The first kappa shape index (κ1) is 14.5. The Labute approximate surface area is 120 Å². The van der Waals surface area contributed by atoms with Crippen LogP contribution >= 0.6 is 0 Å². The van der Waals surface area contributed by atoms with E-state index in [-0.39, 0.29) is 6.10 Å². The number of hydrogen-bond acceptors (Lipinski definition) is 3. The van der Waals surface area contributed by atoms with E-state index < -0.39 is 0 Å². The van der Waals surface area contributed by atoms with Crippen LogP contribution in [0.1, 0.15) is 37.5 Å². The number of rotatable bonds is 6. The molecular weight excluding hydrogens is 248 g/mol. The third-order valence-electron chi connectivity index (χ3n) is 3.53. The van der Waals surface area contributed by atoms with Crippen LogP contribution in [0.2, 0.25) is 0 Å². The van der Waals surface area contributed by atoms with Crippen LogP contribution in [0.25, 0.3) is 0 Å². The van der Waals surface area contributed by atoms with Crippen molar-refractivity contribution in [3.8, 4) is 0 Å². The van der Waals surface area contributed by atoms with Gasteiger partial charge in [0.1, 0.15) is 0 Å². The summed E-state index contributed by atoms with van der Waals surface area (Å²) in [6.07, 6.45) is 4.03. The quantitative estimate of drug-likeness (QED) is 0.872. The maximum Gasteiger partial charge on any atom is 0.0787 e. The normalized spacial score (nSPS) is 12.2. The lowest BCUT2D eigenvalue weighted by Crippen LogP contribution is -2.21. The van der Waals surface area contributed by atoms with Gasteiger partial charge < -0.3 is 10.0 Å². The lowest BCUT2D eigenvalue weighted by atomic mass is 10.1. The van der Waals surface area contributed by atoms with Crippen LogP contribution in [0.4, 0.5) is 5.69 Å². The third-order valence-corrected chi connectivity index (χ3v) is 3.53. The summed E-state index contributed by atoms with van der Waals surface area (Å²) in [7, 11) is 0. The number of anilines is 1. The Morgan fingerprint density at radius 1 is 1.05 bits per heavy atom. The van der Waals surface area contributed by atoms with Crippen molar-refractivity contribution in [3.63, 3.8) is 0 Å². The first-order valence-electron chi connectivity index (χ1n) is 7.16. The van der Waals surface area contributed by atoms with Gasteiger partial charge in [0, 0.05) is 31.2 Å². The van der Waals surface area contributed by atoms with Gasteiger partial charge in [-0.3, -0.25) is 4.98 Å². The Bertz CT molecular complexity index is 510. The van der Waals surface area contributed by atoms with Gasteiger partial charge in [-0.1, -0.05) is 19.1 Å². The summed E-state index contributed by atoms with van der Waals surface area (Å²) in [6, 6.07) is 12.3. The molecule has 0 saturated heterocycles. The molecule has 1 heterocycles. The van der Waals surface area contributed by atoms with Crippen LogP contribution in [0.3, 0.4) is 0 Å². The standard InChI is InChI=1S/C17H22N2O/c1-3-17(20)15-5-7-16(8-6-15)19(4-2)13-14-9-11-18-12-10-14/h5-12,17,20H,3-4,13H2,1-2H3. The van der Waals surface area contributed by atoms with Gasteiger partial charge >= 0.3 is 0 Å². The molecule has 0 saturated carbocycles. The fourth-order valence-corrected chi connectivity index (χ4v) is 2.24. The number of aliphatic hydroxyl groups excluding tert-OH is 1. The maximum absolute atomic E-state index is 9.83. The van der Waals surface area contributed by atoms with Crippen molar-refractivity contribution in [2.24, 2.45) is 0 Å². The van der Waals surface area contributed by atoms with Crippen molar-refractivity contribution in [2.45, 2.75) is 32.9 Å². The Morgan fingerprint density at radius 3 is 2.25 bits per heavy atom. The molecule has 0 radical (unpaired) electrons. The number of nitrogens with zero attached hydrogens (tertiary/aromatic N) is 2. The van der Waals surface area contributed by atoms with E-state index in [1.165, 1.54) is 11.3 Å². The molecule has 0 fully saturated rings. The molecule has 1 atom stereocenters. The molecule has 1 unspecified atom stereocenters. The van der Waals surface area contributed by atoms with Gasteiger partial charge in [0.25, 0.3) is 0 Å². The lowest BCUT2D eigenvalue weighted by Gasteiger charge is -2.23. The smallest absolute Gasteiger partial charge is 0.0787 e. The maximum atomic E-state index is 9.83. The first-order chi connectivity index (χ1) is 9.74. The number of benzene rings is 1. The van der Waals surface area contributed by atoms with Crippen molar-refractivity contribution < 1.29 is 5.11 Å². The highest BCUT2D eigenvalue weighted by atomic mass is 16.3. The van der Waals surface area contributed by atoms with Gasteiger partial charge in [-0.2, -0.15) is 0 Å². The van der Waals surface area contributed by atoms with E-state index in [4.69, 9.17) is 0 Å². The van der Waals surface area contributed by atoms with E-state index >= 15 is 0 Å². The molecular formula is C17H22N2O. The van der Waals surface area contributed by atoms with E-state index in [1.54, 1.807) is 0 Å². The fourth-order valence-electron chi connectivity index (χ4n) is 2.24. The Hall–Kier alpha value is -1.87. The van der Waals surface area contributed by atoms with Crippen LogP contribution < -0.4 is 4.90 Å². The minimum absolute atomic E-state index is 0.362. The summed E-state index contributed by atoms with van der Waals surface area (Å²) in [5.41, 5.74) is 3.41. The number of aliphatic hydroxyl groups is 1. The highest BCUT2D eigenvalue weighted by molar-refractivity contribution is 5.48. The van der Waals surface area contributed by atoms with E-state index in [0.717, 1.165) is 25.1 Å². The molecule has 1 aromatic heterocycles. The third kappa shape index (κ3) is 3.58. The van der Waals surface area contributed by atoms with Crippen LogP contribution in [-0.2, 0) is 6.54 Å². The molecule has 0 aliphatic heterocycles. The van der Waals surface area contributed by atoms with Crippen LogP contribution in [0, 0.1) is 0 Å². The molecule has 106 valence electrons. The van der Waals surface area contributed by atoms with E-state index in [9.17, 15) is 5.11 Å². The molecule has 0 amide bonds. The van der Waals surface area contributed by atoms with Gasteiger partial charge in [-0.05, 0) is 48.7 Å². The minimum atomic E-state index is -0.362. The number of hydrogen-bond donors (Lipinski definition) is 1. The molecule has 1 aromatic carbocycles. The molecule has 2 aromatic rings. The zero-order valence-corrected chi connectivity index (χ0v) is 12.2. The molecule has 3 nitrogen and oxygen atoms in total. The van der Waals surface area contributed by atoms with Gasteiger partial charge in [-0.15, -0.1) is 0 Å². The molecule has 0 bridgehead atoms. The van der Waals surface area contributed by atoms with Crippen LogP contribution in [0.15, 0.2) is 48.8 Å². The second kappa shape index (κ2) is 7.06. The topological polar surface area (TPSA) is 36.4 Å². The minimum Gasteiger partial charge on any atom is -0.388 e. The SMILES string of the molecule is CCC(O)c1ccc(N(CC)Cc2ccncc2)cc1. The second-order valence-electron chi connectivity index (χ2n) is 4.89. The molecule has 2 rings (SSSR count). The average Bonchev–Trinajstić information content (AvgIpc) is 2.53. The summed E-state index contributed by atoms with van der Waals surface area (Å²) in [5, 5.41) is 9.83. The van der Waals surface area contributed by atoms with Crippen molar-refractivity contribution in [3.05, 3.63) is 59.9 Å².